The van der Waals surface area contributed by atoms with Gasteiger partial charge in [0.15, 0.2) is 0 Å². The van der Waals surface area contributed by atoms with Crippen molar-refractivity contribution in [1.82, 2.24) is 24.3 Å². The van der Waals surface area contributed by atoms with Crippen LogP contribution in [0.1, 0.15) is 11.4 Å². The summed E-state index contributed by atoms with van der Waals surface area (Å²) >= 11 is 0. The van der Waals surface area contributed by atoms with Crippen LogP contribution in [0.4, 0.5) is 0 Å². The van der Waals surface area contributed by atoms with Crippen LogP contribution >= 0.6 is 0 Å². The Balaban J connectivity index is 1.61. The van der Waals surface area contributed by atoms with Crippen LogP contribution in [-0.2, 0) is 17.8 Å². The molecule has 6 heteroatoms. The van der Waals surface area contributed by atoms with Crippen LogP contribution in [0.15, 0.2) is 43.1 Å². The molecule has 0 spiro atoms. The summed E-state index contributed by atoms with van der Waals surface area (Å²) in [4.78, 5) is 8.97. The second-order valence-corrected chi connectivity index (χ2v) is 4.91. The molecule has 0 aliphatic rings. The molecule has 0 fully saturated rings. The quantitative estimate of drug-likeness (QED) is 0.665. The molecule has 0 aliphatic heterocycles. The van der Waals surface area contributed by atoms with Crippen LogP contribution in [0.2, 0.25) is 0 Å². The molecule has 21 heavy (non-hydrogen) atoms. The summed E-state index contributed by atoms with van der Waals surface area (Å²) < 4.78 is 9.07. The highest BCUT2D eigenvalue weighted by atomic mass is 16.5. The third kappa shape index (κ3) is 3.48. The Bertz CT molecular complexity index is 670. The highest BCUT2D eigenvalue weighted by Crippen LogP contribution is 2.07. The van der Waals surface area contributed by atoms with Crippen molar-refractivity contribution in [2.45, 2.75) is 13.1 Å². The lowest BCUT2D eigenvalue weighted by atomic mass is 10.4. The number of nitrogens with one attached hydrogen (secondary N) is 1. The molecule has 0 saturated heterocycles. The highest BCUT2D eigenvalue weighted by molar-refractivity contribution is 5.39. The molecule has 0 amide bonds. The van der Waals surface area contributed by atoms with Crippen molar-refractivity contribution >= 4 is 5.65 Å². The van der Waals surface area contributed by atoms with Gasteiger partial charge in [-0.2, -0.15) is 0 Å². The standard InChI is InChI=1S/C15H19N5O/c1-21-7-5-16-8-13-9-19(12-17-13)10-14-11-20-6-3-2-4-15(20)18-14/h2-4,6,9,11-12,16H,5,7-8,10H2,1H3. The van der Waals surface area contributed by atoms with E-state index in [0.29, 0.717) is 6.61 Å². The zero-order valence-electron chi connectivity index (χ0n) is 12.1. The fourth-order valence-electron chi connectivity index (χ4n) is 2.23. The van der Waals surface area contributed by atoms with Gasteiger partial charge < -0.3 is 19.0 Å². The van der Waals surface area contributed by atoms with Gasteiger partial charge in [0.25, 0.3) is 0 Å². The van der Waals surface area contributed by atoms with Gasteiger partial charge in [-0.15, -0.1) is 0 Å². The van der Waals surface area contributed by atoms with E-state index < -0.39 is 0 Å². The fourth-order valence-corrected chi connectivity index (χ4v) is 2.23. The van der Waals surface area contributed by atoms with Crippen LogP contribution in [0, 0.1) is 0 Å². The Morgan fingerprint density at radius 2 is 2.19 bits per heavy atom. The largest absolute Gasteiger partial charge is 0.383 e. The first-order valence-corrected chi connectivity index (χ1v) is 6.98. The van der Waals surface area contributed by atoms with Crippen molar-refractivity contribution < 1.29 is 4.74 Å². The topological polar surface area (TPSA) is 56.4 Å². The van der Waals surface area contributed by atoms with Crippen molar-refractivity contribution in [3.05, 3.63) is 54.5 Å². The predicted octanol–water partition coefficient (Wildman–Crippen LogP) is 1.32. The first kappa shape index (κ1) is 13.8. The molecular formula is C15H19N5O. The van der Waals surface area contributed by atoms with E-state index in [1.165, 1.54) is 0 Å². The van der Waals surface area contributed by atoms with E-state index in [0.717, 1.165) is 36.7 Å². The second kappa shape index (κ2) is 6.51. The zero-order chi connectivity index (χ0) is 14.5. The molecule has 3 aromatic rings. The van der Waals surface area contributed by atoms with Crippen molar-refractivity contribution in [2.75, 3.05) is 20.3 Å². The van der Waals surface area contributed by atoms with Crippen molar-refractivity contribution in [1.29, 1.82) is 0 Å². The molecule has 0 aromatic carbocycles. The number of aromatic nitrogens is 4. The minimum Gasteiger partial charge on any atom is -0.383 e. The van der Waals surface area contributed by atoms with Gasteiger partial charge in [-0.25, -0.2) is 9.97 Å². The molecule has 0 atom stereocenters. The normalized spacial score (nSPS) is 11.3. The maximum atomic E-state index is 4.99. The van der Waals surface area contributed by atoms with E-state index >= 15 is 0 Å². The molecular weight excluding hydrogens is 266 g/mol. The summed E-state index contributed by atoms with van der Waals surface area (Å²) in [7, 11) is 1.70. The number of nitrogens with zero attached hydrogens (tertiary/aromatic N) is 4. The molecule has 3 rings (SSSR count). The first-order chi connectivity index (χ1) is 10.3. The Labute approximate surface area is 123 Å². The van der Waals surface area contributed by atoms with E-state index in [1.807, 2.05) is 47.5 Å². The summed E-state index contributed by atoms with van der Waals surface area (Å²) in [6, 6.07) is 6.00. The molecule has 0 aliphatic carbocycles. The molecule has 6 nitrogen and oxygen atoms in total. The number of hydrogen-bond donors (Lipinski definition) is 1. The van der Waals surface area contributed by atoms with Gasteiger partial charge >= 0.3 is 0 Å². The van der Waals surface area contributed by atoms with Crippen LogP contribution in [0.3, 0.4) is 0 Å². The number of hydrogen-bond acceptors (Lipinski definition) is 4. The third-order valence-electron chi connectivity index (χ3n) is 3.23. The number of ether oxygens (including phenoxy) is 1. The average molecular weight is 285 g/mol. The monoisotopic (exact) mass is 285 g/mol. The highest BCUT2D eigenvalue weighted by Gasteiger charge is 2.03. The number of methoxy groups -OCH3 is 1. The van der Waals surface area contributed by atoms with Crippen LogP contribution in [0.25, 0.3) is 5.65 Å². The third-order valence-corrected chi connectivity index (χ3v) is 3.23. The average Bonchev–Trinajstić information content (AvgIpc) is 3.10. The Morgan fingerprint density at radius 1 is 1.24 bits per heavy atom. The molecule has 0 unspecified atom stereocenters. The number of pyridine rings is 1. The van der Waals surface area contributed by atoms with Crippen molar-refractivity contribution in [3.63, 3.8) is 0 Å². The SMILES string of the molecule is COCCNCc1cn(Cc2cn3ccccc3n2)cn1. The molecule has 3 heterocycles. The van der Waals surface area contributed by atoms with Crippen LogP contribution in [-0.4, -0.2) is 39.2 Å². The smallest absolute Gasteiger partial charge is 0.137 e. The fraction of sp³-hybridized carbons (Fsp3) is 0.333. The van der Waals surface area contributed by atoms with E-state index in [4.69, 9.17) is 4.74 Å². The van der Waals surface area contributed by atoms with E-state index in [9.17, 15) is 0 Å². The van der Waals surface area contributed by atoms with Crippen molar-refractivity contribution in [3.8, 4) is 0 Å². The van der Waals surface area contributed by atoms with Gasteiger partial charge in [0.05, 0.1) is 30.9 Å². The van der Waals surface area contributed by atoms with Crippen molar-refractivity contribution in [2.24, 2.45) is 0 Å². The number of fused-ring (bicyclic) bond motifs is 1. The van der Waals surface area contributed by atoms with Gasteiger partial charge in [0.1, 0.15) is 5.65 Å². The molecule has 110 valence electrons. The lowest BCUT2D eigenvalue weighted by molar-refractivity contribution is 0.199. The molecule has 1 N–H and O–H groups in total. The van der Waals surface area contributed by atoms with E-state index in [1.54, 1.807) is 7.11 Å². The maximum absolute atomic E-state index is 4.99. The van der Waals surface area contributed by atoms with Gasteiger partial charge in [-0.3, -0.25) is 0 Å². The Kier molecular flexibility index (Phi) is 4.28. The number of imidazole rings is 2. The van der Waals surface area contributed by atoms with Gasteiger partial charge in [0, 0.05) is 38.8 Å². The maximum Gasteiger partial charge on any atom is 0.137 e. The second-order valence-electron chi connectivity index (χ2n) is 4.91. The van der Waals surface area contributed by atoms with Crippen LogP contribution in [0.5, 0.6) is 0 Å². The summed E-state index contributed by atoms with van der Waals surface area (Å²) in [5.74, 6) is 0. The minimum absolute atomic E-state index is 0.710. The molecule has 0 bridgehead atoms. The Hall–Kier alpha value is -2.18. The minimum atomic E-state index is 0.710. The summed E-state index contributed by atoms with van der Waals surface area (Å²) in [5, 5.41) is 3.28. The lowest BCUT2D eigenvalue weighted by Gasteiger charge is -2.00. The predicted molar refractivity (Wildman–Crippen MR) is 80.1 cm³/mol. The molecule has 3 aromatic heterocycles. The van der Waals surface area contributed by atoms with Gasteiger partial charge in [-0.1, -0.05) is 6.07 Å². The molecule has 0 saturated carbocycles. The van der Waals surface area contributed by atoms with E-state index in [-0.39, 0.29) is 0 Å². The zero-order valence-corrected chi connectivity index (χ0v) is 12.1. The summed E-state index contributed by atoms with van der Waals surface area (Å²) in [6.45, 7) is 3.02. The Morgan fingerprint density at radius 3 is 3.05 bits per heavy atom. The van der Waals surface area contributed by atoms with Gasteiger partial charge in [0.2, 0.25) is 0 Å². The van der Waals surface area contributed by atoms with Crippen LogP contribution < -0.4 is 5.32 Å². The lowest BCUT2D eigenvalue weighted by Crippen LogP contribution is -2.18. The number of rotatable bonds is 7. The summed E-state index contributed by atoms with van der Waals surface area (Å²) in [6.07, 6.45) is 7.94. The summed E-state index contributed by atoms with van der Waals surface area (Å²) in [5.41, 5.74) is 3.02. The van der Waals surface area contributed by atoms with Gasteiger partial charge in [-0.05, 0) is 12.1 Å². The van der Waals surface area contributed by atoms with E-state index in [2.05, 4.69) is 19.9 Å². The molecule has 0 radical (unpaired) electrons. The first-order valence-electron chi connectivity index (χ1n) is 6.98.